The van der Waals surface area contributed by atoms with E-state index in [0.29, 0.717) is 0 Å². The van der Waals surface area contributed by atoms with Gasteiger partial charge in [0.15, 0.2) is 12.1 Å². The lowest BCUT2D eigenvalue weighted by Gasteiger charge is -2.48. The summed E-state index contributed by atoms with van der Waals surface area (Å²) in [4.78, 5) is 25.5. The number of β-lactam (4-membered cyclic amide) rings is 1. The van der Waals surface area contributed by atoms with Crippen molar-refractivity contribution in [1.29, 1.82) is 0 Å². The monoisotopic (exact) mass is 459 g/mol. The summed E-state index contributed by atoms with van der Waals surface area (Å²) in [7, 11) is -2.97. The second-order valence-electron chi connectivity index (χ2n) is 9.28. The largest absolute Gasteiger partial charge is 0.459 e. The molecule has 33 heavy (non-hydrogen) atoms. The van der Waals surface area contributed by atoms with Crippen LogP contribution in [-0.4, -0.2) is 32.3 Å². The van der Waals surface area contributed by atoms with Gasteiger partial charge in [-0.1, -0.05) is 112 Å². The SMILES string of the molecule is CC(C)(C)[Si](O[C@@H]1C(=O)N[C@H]1C(=O)OCc1ccccc1)(c1ccccc1)c1ccccc1. The summed E-state index contributed by atoms with van der Waals surface area (Å²) in [6.45, 7) is 6.56. The van der Waals surface area contributed by atoms with Crippen LogP contribution in [0.2, 0.25) is 5.04 Å². The first kappa shape index (κ1) is 23.0. The molecule has 1 aliphatic heterocycles. The molecular weight excluding hydrogens is 430 g/mol. The van der Waals surface area contributed by atoms with Crippen LogP contribution in [0, 0.1) is 0 Å². The number of nitrogens with one attached hydrogen (secondary N) is 1. The number of hydrogen-bond acceptors (Lipinski definition) is 4. The van der Waals surface area contributed by atoms with Gasteiger partial charge >= 0.3 is 5.97 Å². The highest BCUT2D eigenvalue weighted by molar-refractivity contribution is 6.99. The third-order valence-corrected chi connectivity index (χ3v) is 11.1. The van der Waals surface area contributed by atoms with E-state index in [0.717, 1.165) is 15.9 Å². The molecule has 2 atom stereocenters. The molecule has 1 aliphatic rings. The average Bonchev–Trinajstić information content (AvgIpc) is 2.82. The molecule has 4 rings (SSSR count). The quantitative estimate of drug-likeness (QED) is 0.335. The third kappa shape index (κ3) is 4.49. The van der Waals surface area contributed by atoms with Crippen LogP contribution in [0.4, 0.5) is 0 Å². The van der Waals surface area contributed by atoms with E-state index in [9.17, 15) is 9.59 Å². The summed E-state index contributed by atoms with van der Waals surface area (Å²) in [5.74, 6) is -0.772. The second kappa shape index (κ2) is 9.33. The molecule has 5 nitrogen and oxygen atoms in total. The standard InChI is InChI=1S/C27H29NO4Si/c1-27(2,3)33(21-15-9-5-10-16-21,22-17-11-6-12-18-22)32-24-23(28-25(24)29)26(30)31-19-20-13-7-4-8-14-20/h4-18,23-24H,19H2,1-3H3,(H,28,29)/t23-,24+/m1/s1. The van der Waals surface area contributed by atoms with Gasteiger partial charge in [-0.3, -0.25) is 4.79 Å². The predicted molar refractivity (Wildman–Crippen MR) is 131 cm³/mol. The van der Waals surface area contributed by atoms with E-state index in [1.807, 2.05) is 66.7 Å². The van der Waals surface area contributed by atoms with Crippen molar-refractivity contribution < 1.29 is 18.8 Å². The maximum absolute atomic E-state index is 12.9. The molecule has 0 bridgehead atoms. The zero-order chi connectivity index (χ0) is 23.5. The van der Waals surface area contributed by atoms with Crippen molar-refractivity contribution in [2.45, 2.75) is 44.6 Å². The number of rotatable bonds is 7. The molecule has 0 spiro atoms. The van der Waals surface area contributed by atoms with Crippen molar-refractivity contribution in [3.8, 4) is 0 Å². The fourth-order valence-electron chi connectivity index (χ4n) is 4.37. The van der Waals surface area contributed by atoms with Crippen LogP contribution in [0.5, 0.6) is 0 Å². The Morgan fingerprint density at radius 3 is 1.79 bits per heavy atom. The van der Waals surface area contributed by atoms with Crippen molar-refractivity contribution in [2.24, 2.45) is 0 Å². The highest BCUT2D eigenvalue weighted by Crippen LogP contribution is 2.38. The number of carbonyl (C=O) groups excluding carboxylic acids is 2. The minimum Gasteiger partial charge on any atom is -0.459 e. The van der Waals surface area contributed by atoms with Crippen molar-refractivity contribution in [3.63, 3.8) is 0 Å². The minimum absolute atomic E-state index is 0.151. The Bertz CT molecular complexity index is 1060. The second-order valence-corrected chi connectivity index (χ2v) is 13.5. The van der Waals surface area contributed by atoms with Crippen LogP contribution in [0.25, 0.3) is 0 Å². The van der Waals surface area contributed by atoms with Crippen LogP contribution in [-0.2, 0) is 25.4 Å². The maximum atomic E-state index is 12.9. The molecule has 0 saturated carbocycles. The molecule has 1 amide bonds. The number of carbonyl (C=O) groups is 2. The molecule has 3 aromatic carbocycles. The van der Waals surface area contributed by atoms with E-state index >= 15 is 0 Å². The van der Waals surface area contributed by atoms with E-state index < -0.39 is 26.4 Å². The highest BCUT2D eigenvalue weighted by atomic mass is 28.4. The van der Waals surface area contributed by atoms with Crippen molar-refractivity contribution in [3.05, 3.63) is 96.6 Å². The van der Waals surface area contributed by atoms with Gasteiger partial charge in [0.2, 0.25) is 0 Å². The van der Waals surface area contributed by atoms with Gasteiger partial charge in [-0.2, -0.15) is 0 Å². The van der Waals surface area contributed by atoms with E-state index in [2.05, 4.69) is 50.4 Å². The van der Waals surface area contributed by atoms with Crippen molar-refractivity contribution in [1.82, 2.24) is 5.32 Å². The summed E-state index contributed by atoms with van der Waals surface area (Å²) in [5.41, 5.74) is 0.890. The van der Waals surface area contributed by atoms with Crippen LogP contribution in [0.3, 0.4) is 0 Å². The Balaban J connectivity index is 1.65. The van der Waals surface area contributed by atoms with Gasteiger partial charge in [-0.15, -0.1) is 0 Å². The maximum Gasteiger partial charge on any atom is 0.332 e. The van der Waals surface area contributed by atoms with E-state index in [1.54, 1.807) is 0 Å². The predicted octanol–water partition coefficient (Wildman–Crippen LogP) is 3.17. The Morgan fingerprint density at radius 2 is 1.33 bits per heavy atom. The summed E-state index contributed by atoms with van der Waals surface area (Å²) >= 11 is 0. The molecule has 170 valence electrons. The molecular formula is C27H29NO4Si. The van der Waals surface area contributed by atoms with Gasteiger partial charge in [-0.25, -0.2) is 4.79 Å². The Kier molecular flexibility index (Phi) is 6.49. The summed E-state index contributed by atoms with van der Waals surface area (Å²) in [5, 5.41) is 4.50. The number of esters is 1. The molecule has 1 heterocycles. The molecule has 3 aromatic rings. The lowest BCUT2D eigenvalue weighted by molar-refractivity contribution is -0.162. The number of benzene rings is 3. The minimum atomic E-state index is -2.97. The lowest BCUT2D eigenvalue weighted by Crippen LogP contribution is -2.75. The van der Waals surface area contributed by atoms with Crippen LogP contribution < -0.4 is 15.7 Å². The Hall–Kier alpha value is -3.22. The first-order chi connectivity index (χ1) is 15.8. The Labute approximate surface area is 195 Å². The molecule has 0 aromatic heterocycles. The molecule has 1 fully saturated rings. The zero-order valence-electron chi connectivity index (χ0n) is 19.2. The lowest BCUT2D eigenvalue weighted by atomic mass is 10.0. The van der Waals surface area contributed by atoms with Crippen LogP contribution in [0.1, 0.15) is 26.3 Å². The van der Waals surface area contributed by atoms with Gasteiger partial charge in [0, 0.05) is 0 Å². The molecule has 6 heteroatoms. The first-order valence-corrected chi connectivity index (χ1v) is 13.0. The summed E-state index contributed by atoms with van der Waals surface area (Å²) in [6.07, 6.45) is -0.903. The normalized spacial score (nSPS) is 18.2. The molecule has 0 aliphatic carbocycles. The number of amides is 1. The fraction of sp³-hybridized carbons (Fsp3) is 0.259. The van der Waals surface area contributed by atoms with E-state index in [-0.39, 0.29) is 17.6 Å². The number of ether oxygens (including phenoxy) is 1. The first-order valence-electron chi connectivity index (χ1n) is 11.1. The van der Waals surface area contributed by atoms with E-state index in [1.165, 1.54) is 0 Å². The average molecular weight is 460 g/mol. The summed E-state index contributed by atoms with van der Waals surface area (Å²) in [6, 6.07) is 28.8. The van der Waals surface area contributed by atoms with Gasteiger partial charge in [-0.05, 0) is 21.0 Å². The van der Waals surface area contributed by atoms with Gasteiger partial charge < -0.3 is 14.5 Å². The van der Waals surface area contributed by atoms with Gasteiger partial charge in [0.1, 0.15) is 6.61 Å². The smallest absolute Gasteiger partial charge is 0.332 e. The molecule has 1 N–H and O–H groups in total. The van der Waals surface area contributed by atoms with Crippen molar-refractivity contribution in [2.75, 3.05) is 0 Å². The number of hydrogen-bond donors (Lipinski definition) is 1. The molecule has 0 unspecified atom stereocenters. The van der Waals surface area contributed by atoms with Crippen LogP contribution >= 0.6 is 0 Å². The third-order valence-electron chi connectivity index (χ3n) is 6.06. The van der Waals surface area contributed by atoms with Crippen LogP contribution in [0.15, 0.2) is 91.0 Å². The van der Waals surface area contributed by atoms with Gasteiger partial charge in [0.05, 0.1) is 0 Å². The molecule has 0 radical (unpaired) electrons. The van der Waals surface area contributed by atoms with Gasteiger partial charge in [0.25, 0.3) is 14.2 Å². The zero-order valence-corrected chi connectivity index (χ0v) is 20.2. The van der Waals surface area contributed by atoms with E-state index in [4.69, 9.17) is 9.16 Å². The molecule has 1 saturated heterocycles. The van der Waals surface area contributed by atoms with Crippen molar-refractivity contribution >= 4 is 30.6 Å². The highest BCUT2D eigenvalue weighted by Gasteiger charge is 2.57. The topological polar surface area (TPSA) is 64.6 Å². The summed E-state index contributed by atoms with van der Waals surface area (Å²) < 4.78 is 12.3. The Morgan fingerprint density at radius 1 is 0.848 bits per heavy atom. The fourth-order valence-corrected chi connectivity index (χ4v) is 9.01.